The van der Waals surface area contributed by atoms with Crippen LogP contribution in [0.1, 0.15) is 25.0 Å². The molecule has 4 nitrogen and oxygen atoms in total. The van der Waals surface area contributed by atoms with Crippen molar-refractivity contribution in [2.75, 3.05) is 13.2 Å². The minimum absolute atomic E-state index is 0.232. The predicted octanol–water partition coefficient (Wildman–Crippen LogP) is 2.75. The molecule has 1 fully saturated rings. The normalized spacial score (nSPS) is 20.8. The van der Waals surface area contributed by atoms with Crippen molar-refractivity contribution in [1.82, 2.24) is 9.88 Å². The fourth-order valence-corrected chi connectivity index (χ4v) is 3.23. The molecule has 5 heteroatoms. The molecule has 0 amide bonds. The molecule has 0 radical (unpaired) electrons. The maximum Gasteiger partial charge on any atom is 0.236 e. The van der Waals surface area contributed by atoms with Gasteiger partial charge in [0, 0.05) is 12.6 Å². The van der Waals surface area contributed by atoms with Gasteiger partial charge in [0.1, 0.15) is 6.26 Å². The molecule has 1 atom stereocenters. The van der Waals surface area contributed by atoms with Crippen LogP contribution in [0.25, 0.3) is 10.8 Å². The zero-order valence-corrected chi connectivity index (χ0v) is 11.6. The average Bonchev–Trinajstić information content (AvgIpc) is 3.09. The van der Waals surface area contributed by atoms with Gasteiger partial charge in [-0.3, -0.25) is 4.90 Å². The lowest BCUT2D eigenvalue weighted by atomic mass is 10.0. The zero-order chi connectivity index (χ0) is 13.1. The molecule has 2 aromatic rings. The Hall–Kier alpha value is -1.17. The number of oxazole rings is 1. The number of hydrogen-bond acceptors (Lipinski definition) is 5. The SMILES string of the molecule is OC[C@@H]1CCCCN1Cc1coc(-c2cccs2)n1. The largest absolute Gasteiger partial charge is 0.444 e. The van der Waals surface area contributed by atoms with E-state index in [4.69, 9.17) is 4.42 Å². The monoisotopic (exact) mass is 278 g/mol. The first-order valence-electron chi connectivity index (χ1n) is 6.70. The standard InChI is InChI=1S/C14H18N2O2S/c17-9-12-4-1-2-6-16(12)8-11-10-18-14(15-11)13-5-3-7-19-13/h3,5,7,10,12,17H,1-2,4,6,8-9H2/t12-/m0/s1. The smallest absolute Gasteiger partial charge is 0.236 e. The summed E-state index contributed by atoms with van der Waals surface area (Å²) in [4.78, 5) is 7.90. The lowest BCUT2D eigenvalue weighted by molar-refractivity contribution is 0.0830. The van der Waals surface area contributed by atoms with Crippen molar-refractivity contribution in [1.29, 1.82) is 0 Å². The van der Waals surface area contributed by atoms with Crippen LogP contribution in [0.4, 0.5) is 0 Å². The number of likely N-dealkylation sites (tertiary alicyclic amines) is 1. The van der Waals surface area contributed by atoms with Gasteiger partial charge in [-0.25, -0.2) is 4.98 Å². The fraction of sp³-hybridized carbons (Fsp3) is 0.500. The van der Waals surface area contributed by atoms with Crippen LogP contribution >= 0.6 is 11.3 Å². The van der Waals surface area contributed by atoms with Crippen molar-refractivity contribution in [2.24, 2.45) is 0 Å². The second-order valence-corrected chi connectivity index (χ2v) is 5.87. The van der Waals surface area contributed by atoms with Gasteiger partial charge >= 0.3 is 0 Å². The van der Waals surface area contributed by atoms with Crippen molar-refractivity contribution in [3.8, 4) is 10.8 Å². The molecule has 19 heavy (non-hydrogen) atoms. The first-order chi connectivity index (χ1) is 9.36. The minimum Gasteiger partial charge on any atom is -0.444 e. The third kappa shape index (κ3) is 2.88. The molecule has 102 valence electrons. The summed E-state index contributed by atoms with van der Waals surface area (Å²) in [5.41, 5.74) is 0.948. The van der Waals surface area contributed by atoms with Crippen LogP contribution in [-0.4, -0.2) is 34.2 Å². The van der Waals surface area contributed by atoms with Gasteiger partial charge in [0.05, 0.1) is 17.2 Å². The van der Waals surface area contributed by atoms with Crippen LogP contribution < -0.4 is 0 Å². The zero-order valence-electron chi connectivity index (χ0n) is 10.8. The fourth-order valence-electron chi connectivity index (χ4n) is 2.58. The summed E-state index contributed by atoms with van der Waals surface area (Å²) in [5, 5.41) is 11.4. The Balaban J connectivity index is 1.69. The quantitative estimate of drug-likeness (QED) is 0.934. The molecule has 1 aliphatic heterocycles. The van der Waals surface area contributed by atoms with Gasteiger partial charge in [0.15, 0.2) is 0 Å². The molecule has 3 rings (SSSR count). The van der Waals surface area contributed by atoms with E-state index in [2.05, 4.69) is 9.88 Å². The first kappa shape index (κ1) is 12.8. The van der Waals surface area contributed by atoms with E-state index in [-0.39, 0.29) is 12.6 Å². The predicted molar refractivity (Wildman–Crippen MR) is 75.0 cm³/mol. The molecular formula is C14H18N2O2S. The Labute approximate surface area is 116 Å². The Morgan fingerprint density at radius 1 is 1.47 bits per heavy atom. The van der Waals surface area contributed by atoms with Gasteiger partial charge in [-0.15, -0.1) is 11.3 Å². The summed E-state index contributed by atoms with van der Waals surface area (Å²) < 4.78 is 5.53. The third-order valence-corrected chi connectivity index (χ3v) is 4.47. The summed E-state index contributed by atoms with van der Waals surface area (Å²) in [6, 6.07) is 4.28. The Kier molecular flexibility index (Phi) is 3.96. The van der Waals surface area contributed by atoms with E-state index in [9.17, 15) is 5.11 Å². The summed E-state index contributed by atoms with van der Waals surface area (Å²) >= 11 is 1.63. The molecule has 0 spiro atoms. The van der Waals surface area contributed by atoms with E-state index in [1.807, 2.05) is 17.5 Å². The Morgan fingerprint density at radius 2 is 2.42 bits per heavy atom. The number of aliphatic hydroxyl groups is 1. The van der Waals surface area contributed by atoms with Crippen LogP contribution in [0.3, 0.4) is 0 Å². The van der Waals surface area contributed by atoms with Crippen molar-refractivity contribution >= 4 is 11.3 Å². The number of rotatable bonds is 4. The van der Waals surface area contributed by atoms with Crippen LogP contribution in [0, 0.1) is 0 Å². The van der Waals surface area contributed by atoms with Gasteiger partial charge in [-0.1, -0.05) is 12.5 Å². The molecule has 0 aliphatic carbocycles. The van der Waals surface area contributed by atoms with E-state index in [1.165, 1.54) is 12.8 Å². The number of aromatic nitrogens is 1. The highest BCUT2D eigenvalue weighted by Crippen LogP contribution is 2.25. The minimum atomic E-state index is 0.232. The summed E-state index contributed by atoms with van der Waals surface area (Å²) in [6.45, 7) is 2.03. The van der Waals surface area contributed by atoms with Crippen molar-refractivity contribution in [3.63, 3.8) is 0 Å². The van der Waals surface area contributed by atoms with Crippen molar-refractivity contribution in [2.45, 2.75) is 31.8 Å². The molecule has 2 aromatic heterocycles. The highest BCUT2D eigenvalue weighted by atomic mass is 32.1. The first-order valence-corrected chi connectivity index (χ1v) is 7.58. The molecule has 0 aromatic carbocycles. The van der Waals surface area contributed by atoms with Gasteiger partial charge in [-0.2, -0.15) is 0 Å². The molecule has 0 saturated carbocycles. The summed E-state index contributed by atoms with van der Waals surface area (Å²) in [6.07, 6.45) is 5.22. The van der Waals surface area contributed by atoms with Gasteiger partial charge < -0.3 is 9.52 Å². The number of hydrogen-bond donors (Lipinski definition) is 1. The molecule has 1 saturated heterocycles. The number of thiophene rings is 1. The summed E-state index contributed by atoms with van der Waals surface area (Å²) in [5.74, 6) is 0.697. The molecule has 1 aliphatic rings. The second-order valence-electron chi connectivity index (χ2n) is 4.92. The van der Waals surface area contributed by atoms with Gasteiger partial charge in [0.2, 0.25) is 5.89 Å². The van der Waals surface area contributed by atoms with E-state index in [0.29, 0.717) is 5.89 Å². The van der Waals surface area contributed by atoms with Gasteiger partial charge in [-0.05, 0) is 30.8 Å². The Bertz CT molecular complexity index is 509. The summed E-state index contributed by atoms with van der Waals surface area (Å²) in [7, 11) is 0. The average molecular weight is 278 g/mol. The third-order valence-electron chi connectivity index (χ3n) is 3.61. The van der Waals surface area contributed by atoms with Crippen molar-refractivity contribution in [3.05, 3.63) is 29.5 Å². The number of nitrogens with zero attached hydrogens (tertiary/aromatic N) is 2. The maximum absolute atomic E-state index is 9.41. The van der Waals surface area contributed by atoms with Crippen LogP contribution in [0.15, 0.2) is 28.2 Å². The highest BCUT2D eigenvalue weighted by Gasteiger charge is 2.22. The van der Waals surface area contributed by atoms with Crippen molar-refractivity contribution < 1.29 is 9.52 Å². The van der Waals surface area contributed by atoms with E-state index >= 15 is 0 Å². The highest BCUT2D eigenvalue weighted by molar-refractivity contribution is 7.13. The number of aliphatic hydroxyl groups excluding tert-OH is 1. The van der Waals surface area contributed by atoms with E-state index in [0.717, 1.165) is 30.1 Å². The van der Waals surface area contributed by atoms with E-state index < -0.39 is 0 Å². The molecule has 3 heterocycles. The second kappa shape index (κ2) is 5.86. The number of piperidine rings is 1. The lowest BCUT2D eigenvalue weighted by Gasteiger charge is -2.33. The van der Waals surface area contributed by atoms with Crippen LogP contribution in [0.5, 0.6) is 0 Å². The maximum atomic E-state index is 9.41. The van der Waals surface area contributed by atoms with Gasteiger partial charge in [0.25, 0.3) is 0 Å². The topological polar surface area (TPSA) is 49.5 Å². The molecular weight excluding hydrogens is 260 g/mol. The van der Waals surface area contributed by atoms with Crippen LogP contribution in [0.2, 0.25) is 0 Å². The van der Waals surface area contributed by atoms with E-state index in [1.54, 1.807) is 17.6 Å². The molecule has 0 bridgehead atoms. The molecule has 0 unspecified atom stereocenters. The lowest BCUT2D eigenvalue weighted by Crippen LogP contribution is -2.41. The van der Waals surface area contributed by atoms with Crippen LogP contribution in [-0.2, 0) is 6.54 Å². The molecule has 1 N–H and O–H groups in total. The Morgan fingerprint density at radius 3 is 3.21 bits per heavy atom.